The molecule has 0 atom stereocenters. The van der Waals surface area contributed by atoms with Gasteiger partial charge in [0.15, 0.2) is 0 Å². The van der Waals surface area contributed by atoms with E-state index in [9.17, 15) is 13.2 Å². The molecule has 0 aliphatic carbocycles. The quantitative estimate of drug-likeness (QED) is 0.401. The zero-order valence-corrected chi connectivity index (χ0v) is 21.2. The summed E-state index contributed by atoms with van der Waals surface area (Å²) in [5.41, 5.74) is 4.08. The largest absolute Gasteiger partial charge is 0.491 e. The van der Waals surface area contributed by atoms with Crippen molar-refractivity contribution < 1.29 is 17.9 Å². The second kappa shape index (κ2) is 10.9. The van der Waals surface area contributed by atoms with Gasteiger partial charge < -0.3 is 10.1 Å². The van der Waals surface area contributed by atoms with Crippen LogP contribution in [0.25, 0.3) is 0 Å². The normalized spacial score (nSPS) is 11.2. The Morgan fingerprint density at radius 3 is 2.27 bits per heavy atom. The van der Waals surface area contributed by atoms with Gasteiger partial charge in [0.05, 0.1) is 25.0 Å². The molecule has 174 valence electrons. The fraction of sp³-hybridized carbons (Fsp3) is 0.240. The lowest BCUT2D eigenvalue weighted by atomic mass is 10.1. The van der Waals surface area contributed by atoms with Crippen molar-refractivity contribution in [3.63, 3.8) is 0 Å². The molecule has 0 aromatic heterocycles. The molecule has 0 saturated heterocycles. The number of nitrogens with zero attached hydrogens (tertiary/aromatic N) is 1. The maximum absolute atomic E-state index is 12.4. The van der Waals surface area contributed by atoms with E-state index in [2.05, 4.69) is 27.3 Å². The van der Waals surface area contributed by atoms with E-state index >= 15 is 0 Å². The van der Waals surface area contributed by atoms with E-state index in [1.165, 1.54) is 16.1 Å². The maximum Gasteiger partial charge on any atom is 0.251 e. The zero-order valence-electron chi connectivity index (χ0n) is 18.8. The van der Waals surface area contributed by atoms with Crippen molar-refractivity contribution >= 4 is 37.5 Å². The fourth-order valence-corrected chi connectivity index (χ4v) is 4.48. The van der Waals surface area contributed by atoms with Crippen molar-refractivity contribution in [2.45, 2.75) is 20.4 Å². The predicted molar refractivity (Wildman–Crippen MR) is 135 cm³/mol. The Morgan fingerprint density at radius 2 is 1.67 bits per heavy atom. The lowest BCUT2D eigenvalue weighted by Crippen LogP contribution is -2.29. The van der Waals surface area contributed by atoms with Crippen molar-refractivity contribution in [1.82, 2.24) is 5.32 Å². The Bertz CT molecular complexity index is 1210. The molecular weight excluding hydrogens is 504 g/mol. The summed E-state index contributed by atoms with van der Waals surface area (Å²) >= 11 is 3.36. The highest BCUT2D eigenvalue weighted by Crippen LogP contribution is 2.23. The number of hydrogen-bond acceptors (Lipinski definition) is 4. The summed E-state index contributed by atoms with van der Waals surface area (Å²) in [6.45, 7) is 4.93. The van der Waals surface area contributed by atoms with Gasteiger partial charge in [-0.15, -0.1) is 0 Å². The Labute approximate surface area is 203 Å². The summed E-state index contributed by atoms with van der Waals surface area (Å²) in [6.07, 6.45) is 1.18. The number of sulfonamides is 1. The highest BCUT2D eigenvalue weighted by molar-refractivity contribution is 9.10. The van der Waals surface area contributed by atoms with Gasteiger partial charge in [0.25, 0.3) is 5.91 Å². The molecule has 0 saturated carbocycles. The highest BCUT2D eigenvalue weighted by Gasteiger charge is 2.18. The number of anilines is 1. The number of benzene rings is 3. The van der Waals surface area contributed by atoms with Crippen LogP contribution < -0.4 is 14.4 Å². The lowest BCUT2D eigenvalue weighted by molar-refractivity contribution is 0.0947. The highest BCUT2D eigenvalue weighted by atomic mass is 79.9. The molecule has 6 nitrogen and oxygen atoms in total. The molecule has 1 amide bonds. The molecule has 1 N–H and O–H groups in total. The average Bonchev–Trinajstić information content (AvgIpc) is 2.76. The lowest BCUT2D eigenvalue weighted by Gasteiger charge is -2.22. The summed E-state index contributed by atoms with van der Waals surface area (Å²) in [6, 6.07) is 20.0. The van der Waals surface area contributed by atoms with Crippen molar-refractivity contribution in [2.24, 2.45) is 0 Å². The van der Waals surface area contributed by atoms with Crippen LogP contribution in [0.5, 0.6) is 5.75 Å². The van der Waals surface area contributed by atoms with Gasteiger partial charge >= 0.3 is 0 Å². The van der Waals surface area contributed by atoms with Gasteiger partial charge in [-0.1, -0.05) is 45.8 Å². The molecule has 0 radical (unpaired) electrons. The van der Waals surface area contributed by atoms with Gasteiger partial charge in [0.1, 0.15) is 12.4 Å². The van der Waals surface area contributed by atoms with E-state index in [1.54, 1.807) is 48.5 Å². The van der Waals surface area contributed by atoms with Gasteiger partial charge in [0.2, 0.25) is 10.0 Å². The fourth-order valence-electron chi connectivity index (χ4n) is 3.32. The number of carbonyl (C=O) groups is 1. The van der Waals surface area contributed by atoms with Gasteiger partial charge in [-0.3, -0.25) is 9.10 Å². The molecule has 3 rings (SSSR count). The standard InChI is InChI=1S/C25H27BrN2O4S/c1-18-4-13-24(19(2)16-18)32-15-14-27-25(29)21-7-5-20(6-8-21)17-28(33(3,30)31)23-11-9-22(26)10-12-23/h4-13,16H,14-15,17H2,1-3H3,(H,27,29). The number of rotatable bonds is 9. The molecule has 0 heterocycles. The number of halogens is 1. The Kier molecular flexibility index (Phi) is 8.15. The van der Waals surface area contributed by atoms with Crippen molar-refractivity contribution in [2.75, 3.05) is 23.7 Å². The maximum atomic E-state index is 12.4. The second-order valence-electron chi connectivity index (χ2n) is 7.82. The summed E-state index contributed by atoms with van der Waals surface area (Å²) in [5, 5.41) is 2.84. The van der Waals surface area contributed by atoms with Crippen molar-refractivity contribution in [3.05, 3.63) is 93.5 Å². The number of carbonyl (C=O) groups excluding carboxylic acids is 1. The Hall–Kier alpha value is -2.84. The third-order valence-corrected chi connectivity index (χ3v) is 6.70. The molecule has 0 aliphatic rings. The van der Waals surface area contributed by atoms with E-state index < -0.39 is 10.0 Å². The second-order valence-corrected chi connectivity index (χ2v) is 10.6. The van der Waals surface area contributed by atoms with Crippen molar-refractivity contribution in [1.29, 1.82) is 0 Å². The van der Waals surface area contributed by atoms with Crippen LogP contribution in [-0.4, -0.2) is 33.7 Å². The molecule has 3 aromatic carbocycles. The first-order valence-electron chi connectivity index (χ1n) is 10.4. The van der Waals surface area contributed by atoms with E-state index in [0.29, 0.717) is 24.4 Å². The number of hydrogen-bond donors (Lipinski definition) is 1. The van der Waals surface area contributed by atoms with Crippen LogP contribution in [0.15, 0.2) is 71.2 Å². The minimum Gasteiger partial charge on any atom is -0.491 e. The summed E-state index contributed by atoms with van der Waals surface area (Å²) in [5.74, 6) is 0.596. The topological polar surface area (TPSA) is 75.7 Å². The van der Waals surface area contributed by atoms with Crippen LogP contribution in [0.1, 0.15) is 27.0 Å². The van der Waals surface area contributed by atoms with Gasteiger partial charge in [-0.05, 0) is 67.4 Å². The first-order valence-corrected chi connectivity index (χ1v) is 13.1. The smallest absolute Gasteiger partial charge is 0.251 e. The molecule has 33 heavy (non-hydrogen) atoms. The first-order chi connectivity index (χ1) is 15.6. The Balaban J connectivity index is 1.57. The zero-order chi connectivity index (χ0) is 24.0. The molecule has 8 heteroatoms. The van der Waals surface area contributed by atoms with E-state index in [4.69, 9.17) is 4.74 Å². The average molecular weight is 531 g/mol. The number of nitrogens with one attached hydrogen (secondary N) is 1. The van der Waals surface area contributed by atoms with E-state index in [-0.39, 0.29) is 12.5 Å². The van der Waals surface area contributed by atoms with Gasteiger partial charge in [-0.25, -0.2) is 8.42 Å². The van der Waals surface area contributed by atoms with Crippen LogP contribution in [-0.2, 0) is 16.6 Å². The van der Waals surface area contributed by atoms with Crippen LogP contribution in [0.3, 0.4) is 0 Å². The number of aryl methyl sites for hydroxylation is 2. The number of ether oxygens (including phenoxy) is 1. The van der Waals surface area contributed by atoms with Crippen LogP contribution in [0.4, 0.5) is 5.69 Å². The summed E-state index contributed by atoms with van der Waals surface area (Å²) in [4.78, 5) is 12.4. The van der Waals surface area contributed by atoms with Gasteiger partial charge in [-0.2, -0.15) is 0 Å². The molecule has 0 fully saturated rings. The molecule has 0 spiro atoms. The van der Waals surface area contributed by atoms with Crippen LogP contribution in [0, 0.1) is 13.8 Å². The monoisotopic (exact) mass is 530 g/mol. The summed E-state index contributed by atoms with van der Waals surface area (Å²) < 4.78 is 32.6. The third kappa shape index (κ3) is 7.07. The summed E-state index contributed by atoms with van der Waals surface area (Å²) in [7, 11) is -3.47. The SMILES string of the molecule is Cc1ccc(OCCNC(=O)c2ccc(CN(c3ccc(Br)cc3)S(C)(=O)=O)cc2)c(C)c1. The van der Waals surface area contributed by atoms with Crippen LogP contribution in [0.2, 0.25) is 0 Å². The molecular formula is C25H27BrN2O4S. The molecule has 0 unspecified atom stereocenters. The minimum absolute atomic E-state index is 0.173. The molecule has 0 bridgehead atoms. The van der Waals surface area contributed by atoms with Gasteiger partial charge in [0, 0.05) is 10.0 Å². The van der Waals surface area contributed by atoms with Crippen molar-refractivity contribution in [3.8, 4) is 5.75 Å². The minimum atomic E-state index is -3.47. The first kappa shape index (κ1) is 24.8. The predicted octanol–water partition coefficient (Wildman–Crippen LogP) is 4.84. The van der Waals surface area contributed by atoms with E-state index in [0.717, 1.165) is 21.3 Å². The third-order valence-electron chi connectivity index (χ3n) is 5.03. The molecule has 0 aliphatic heterocycles. The number of amides is 1. The Morgan fingerprint density at radius 1 is 1.00 bits per heavy atom. The van der Waals surface area contributed by atoms with Crippen LogP contribution >= 0.6 is 15.9 Å². The van der Waals surface area contributed by atoms with E-state index in [1.807, 2.05) is 26.0 Å². The molecule has 3 aromatic rings.